The number of nitro benzene ring substituents is 1. The molecule has 0 spiro atoms. The Morgan fingerprint density at radius 1 is 1.33 bits per heavy atom. The quantitative estimate of drug-likeness (QED) is 0.225. The number of aliphatic imine (C=N–C) groups is 1. The molecule has 1 rings (SSSR count). The second kappa shape index (κ2) is 11.4. The largest absolute Gasteiger partial charge is 0.380 e. The van der Waals surface area contributed by atoms with E-state index in [-0.39, 0.29) is 5.69 Å². The summed E-state index contributed by atoms with van der Waals surface area (Å²) in [5.74, 6) is 1.32. The molecule has 0 fully saturated rings. The smallest absolute Gasteiger partial charge is 0.269 e. The Labute approximate surface area is 143 Å². The maximum atomic E-state index is 10.8. The number of rotatable bonds is 10. The van der Waals surface area contributed by atoms with Gasteiger partial charge in [-0.2, -0.15) is 0 Å². The Balaban J connectivity index is 2.44. The van der Waals surface area contributed by atoms with Crippen LogP contribution < -0.4 is 10.6 Å². The molecule has 7 nitrogen and oxygen atoms in total. The van der Waals surface area contributed by atoms with E-state index in [0.717, 1.165) is 25.1 Å². The highest BCUT2D eigenvalue weighted by atomic mass is 16.6. The van der Waals surface area contributed by atoms with Crippen molar-refractivity contribution in [2.24, 2.45) is 10.9 Å². The summed E-state index contributed by atoms with van der Waals surface area (Å²) in [6.45, 7) is 9.51. The van der Waals surface area contributed by atoms with Crippen molar-refractivity contribution in [3.8, 4) is 0 Å². The maximum Gasteiger partial charge on any atom is 0.269 e. The van der Waals surface area contributed by atoms with E-state index in [9.17, 15) is 10.1 Å². The molecule has 24 heavy (non-hydrogen) atoms. The van der Waals surface area contributed by atoms with Crippen LogP contribution in [0.4, 0.5) is 5.69 Å². The van der Waals surface area contributed by atoms with Gasteiger partial charge >= 0.3 is 0 Å². The Hall–Kier alpha value is -2.15. The molecular weight excluding hydrogens is 308 g/mol. The highest BCUT2D eigenvalue weighted by Gasteiger charge is 2.05. The lowest BCUT2D eigenvalue weighted by molar-refractivity contribution is -0.384. The summed E-state index contributed by atoms with van der Waals surface area (Å²) in [5.41, 5.74) is 0.883. The lowest BCUT2D eigenvalue weighted by atomic mass is 10.1. The van der Waals surface area contributed by atoms with Crippen molar-refractivity contribution in [1.82, 2.24) is 10.6 Å². The van der Waals surface area contributed by atoms with Crippen molar-refractivity contribution in [2.75, 3.05) is 26.3 Å². The molecule has 7 heteroatoms. The van der Waals surface area contributed by atoms with Gasteiger partial charge in [-0.25, -0.2) is 4.99 Å². The number of hydrogen-bond donors (Lipinski definition) is 2. The van der Waals surface area contributed by atoms with Crippen molar-refractivity contribution < 1.29 is 9.66 Å². The second-order valence-electron chi connectivity index (χ2n) is 5.84. The molecule has 0 heterocycles. The number of ether oxygens (including phenoxy) is 1. The van der Waals surface area contributed by atoms with Crippen LogP contribution in [0.3, 0.4) is 0 Å². The number of benzene rings is 1. The SMILES string of the molecule is CCNC(=NCc1cccc([N+](=O)[O-])c1)NCCOCCC(C)C. The van der Waals surface area contributed by atoms with Crippen LogP contribution >= 0.6 is 0 Å². The summed E-state index contributed by atoms with van der Waals surface area (Å²) in [4.78, 5) is 14.8. The molecule has 0 saturated carbocycles. The first kappa shape index (κ1) is 19.9. The van der Waals surface area contributed by atoms with Crippen LogP contribution in [0.25, 0.3) is 0 Å². The van der Waals surface area contributed by atoms with Gasteiger partial charge < -0.3 is 15.4 Å². The third-order valence-electron chi connectivity index (χ3n) is 3.26. The third kappa shape index (κ3) is 8.47. The van der Waals surface area contributed by atoms with Crippen LogP contribution in [0, 0.1) is 16.0 Å². The molecule has 2 N–H and O–H groups in total. The van der Waals surface area contributed by atoms with E-state index in [1.54, 1.807) is 12.1 Å². The lowest BCUT2D eigenvalue weighted by Crippen LogP contribution is -2.39. The van der Waals surface area contributed by atoms with Gasteiger partial charge in [-0.05, 0) is 24.8 Å². The van der Waals surface area contributed by atoms with Gasteiger partial charge in [-0.3, -0.25) is 10.1 Å². The van der Waals surface area contributed by atoms with Crippen LogP contribution in [-0.2, 0) is 11.3 Å². The second-order valence-corrected chi connectivity index (χ2v) is 5.84. The summed E-state index contributed by atoms with van der Waals surface area (Å²) >= 11 is 0. The summed E-state index contributed by atoms with van der Waals surface area (Å²) < 4.78 is 5.56. The molecule has 0 saturated heterocycles. The minimum Gasteiger partial charge on any atom is -0.380 e. The molecule has 0 aromatic heterocycles. The van der Waals surface area contributed by atoms with Gasteiger partial charge in [0.25, 0.3) is 5.69 Å². The Kier molecular flexibility index (Phi) is 9.45. The van der Waals surface area contributed by atoms with E-state index in [2.05, 4.69) is 29.5 Å². The van der Waals surface area contributed by atoms with Gasteiger partial charge in [-0.15, -0.1) is 0 Å². The van der Waals surface area contributed by atoms with Crippen molar-refractivity contribution in [2.45, 2.75) is 33.7 Å². The van der Waals surface area contributed by atoms with E-state index in [1.165, 1.54) is 6.07 Å². The highest BCUT2D eigenvalue weighted by molar-refractivity contribution is 5.79. The molecule has 1 aromatic carbocycles. The fourth-order valence-corrected chi connectivity index (χ4v) is 1.94. The van der Waals surface area contributed by atoms with Gasteiger partial charge in [0, 0.05) is 31.8 Å². The first-order valence-electron chi connectivity index (χ1n) is 8.36. The summed E-state index contributed by atoms with van der Waals surface area (Å²) in [6.07, 6.45) is 1.06. The molecule has 0 aliphatic heterocycles. The van der Waals surface area contributed by atoms with Crippen molar-refractivity contribution in [3.63, 3.8) is 0 Å². The van der Waals surface area contributed by atoms with Gasteiger partial charge in [-0.1, -0.05) is 26.0 Å². The van der Waals surface area contributed by atoms with Crippen molar-refractivity contribution in [3.05, 3.63) is 39.9 Å². The predicted molar refractivity (Wildman–Crippen MR) is 96.2 cm³/mol. The zero-order valence-electron chi connectivity index (χ0n) is 14.7. The van der Waals surface area contributed by atoms with E-state index in [0.29, 0.717) is 31.6 Å². The zero-order chi connectivity index (χ0) is 17.8. The molecule has 0 unspecified atom stereocenters. The topological polar surface area (TPSA) is 88.8 Å². The lowest BCUT2D eigenvalue weighted by Gasteiger charge is -2.12. The molecule has 0 bridgehead atoms. The van der Waals surface area contributed by atoms with Crippen molar-refractivity contribution >= 4 is 11.6 Å². The number of hydrogen-bond acceptors (Lipinski definition) is 4. The number of nitrogens with zero attached hydrogens (tertiary/aromatic N) is 2. The van der Waals surface area contributed by atoms with Crippen LogP contribution in [0.5, 0.6) is 0 Å². The average molecular weight is 336 g/mol. The molecule has 0 amide bonds. The fraction of sp³-hybridized carbons (Fsp3) is 0.588. The first-order chi connectivity index (χ1) is 11.5. The summed E-state index contributed by atoms with van der Waals surface area (Å²) in [5, 5.41) is 17.1. The zero-order valence-corrected chi connectivity index (χ0v) is 14.7. The standard InChI is InChI=1S/C17H28N4O3/c1-4-18-17(19-9-11-24-10-8-14(2)3)20-13-15-6-5-7-16(12-15)21(22)23/h5-7,12,14H,4,8-11,13H2,1-3H3,(H2,18,19,20). The summed E-state index contributed by atoms with van der Waals surface area (Å²) in [7, 11) is 0. The number of non-ortho nitro benzene ring substituents is 1. The number of guanidine groups is 1. The molecule has 0 atom stereocenters. The fourth-order valence-electron chi connectivity index (χ4n) is 1.94. The van der Waals surface area contributed by atoms with E-state index in [4.69, 9.17) is 4.74 Å². The average Bonchev–Trinajstić information content (AvgIpc) is 2.55. The minimum absolute atomic E-state index is 0.0826. The molecule has 0 aliphatic rings. The van der Waals surface area contributed by atoms with E-state index >= 15 is 0 Å². The first-order valence-corrected chi connectivity index (χ1v) is 8.36. The normalized spacial score (nSPS) is 11.6. The Morgan fingerprint density at radius 2 is 2.12 bits per heavy atom. The monoisotopic (exact) mass is 336 g/mol. The number of nitrogens with one attached hydrogen (secondary N) is 2. The highest BCUT2D eigenvalue weighted by Crippen LogP contribution is 2.13. The van der Waals surface area contributed by atoms with Crippen LogP contribution in [-0.4, -0.2) is 37.2 Å². The van der Waals surface area contributed by atoms with Crippen LogP contribution in [0.15, 0.2) is 29.3 Å². The predicted octanol–water partition coefficient (Wildman–Crippen LogP) is 2.71. The Bertz CT molecular complexity index is 532. The maximum absolute atomic E-state index is 10.8. The van der Waals surface area contributed by atoms with Gasteiger partial charge in [0.05, 0.1) is 18.1 Å². The van der Waals surface area contributed by atoms with Crippen LogP contribution in [0.1, 0.15) is 32.8 Å². The Morgan fingerprint density at radius 3 is 2.79 bits per heavy atom. The van der Waals surface area contributed by atoms with Gasteiger partial charge in [0.2, 0.25) is 0 Å². The van der Waals surface area contributed by atoms with Gasteiger partial charge in [0.1, 0.15) is 0 Å². The molecule has 0 aliphatic carbocycles. The molecule has 134 valence electrons. The minimum atomic E-state index is -0.398. The summed E-state index contributed by atoms with van der Waals surface area (Å²) in [6, 6.07) is 6.52. The van der Waals surface area contributed by atoms with E-state index < -0.39 is 4.92 Å². The third-order valence-corrected chi connectivity index (χ3v) is 3.26. The molecule has 1 aromatic rings. The van der Waals surface area contributed by atoms with Gasteiger partial charge in [0.15, 0.2) is 5.96 Å². The van der Waals surface area contributed by atoms with Crippen LogP contribution in [0.2, 0.25) is 0 Å². The molecular formula is C17H28N4O3. The van der Waals surface area contributed by atoms with E-state index in [1.807, 2.05) is 13.0 Å². The molecule has 0 radical (unpaired) electrons. The number of nitro groups is 1. The van der Waals surface area contributed by atoms with Crippen molar-refractivity contribution in [1.29, 1.82) is 0 Å².